The molecule has 0 saturated heterocycles. The van der Waals surface area contributed by atoms with Gasteiger partial charge in [0.25, 0.3) is 0 Å². The van der Waals surface area contributed by atoms with Crippen molar-refractivity contribution in [2.75, 3.05) is 26.0 Å². The minimum absolute atomic E-state index is 0.0131. The van der Waals surface area contributed by atoms with Crippen LogP contribution in [0, 0.1) is 17.8 Å². The predicted molar refractivity (Wildman–Crippen MR) is 197 cm³/mol. The molecule has 3 N–H and O–H groups in total. The van der Waals surface area contributed by atoms with Gasteiger partial charge < -0.3 is 19.7 Å². The van der Waals surface area contributed by atoms with Crippen molar-refractivity contribution in [3.63, 3.8) is 0 Å². The van der Waals surface area contributed by atoms with Crippen LogP contribution in [0.25, 0.3) is 11.1 Å². The van der Waals surface area contributed by atoms with Crippen molar-refractivity contribution in [1.82, 2.24) is 10.2 Å². The largest absolute Gasteiger partial charge is 0.506 e. The van der Waals surface area contributed by atoms with Crippen LogP contribution in [0.1, 0.15) is 128 Å². The molecule has 2 aromatic rings. The van der Waals surface area contributed by atoms with Gasteiger partial charge in [0.15, 0.2) is 0 Å². The van der Waals surface area contributed by atoms with E-state index in [1.54, 1.807) is 13.2 Å². The Morgan fingerprint density at radius 2 is 1.51 bits per heavy atom. The number of hydrogen-bond donors (Lipinski definition) is 3. The van der Waals surface area contributed by atoms with E-state index in [9.17, 15) is 19.8 Å². The van der Waals surface area contributed by atoms with Crippen LogP contribution >= 0.6 is 11.8 Å². The molecule has 264 valence electrons. The first kappa shape index (κ1) is 40.6. The molecule has 0 aliphatic rings. The van der Waals surface area contributed by atoms with Gasteiger partial charge in [0.2, 0.25) is 0 Å². The van der Waals surface area contributed by atoms with Crippen molar-refractivity contribution in [2.45, 2.75) is 123 Å². The standard InChI is InChI=1S/C39H62N2O5S/c1-9-22-41(23-10-2)30(7)40-35(25-42)31-18-19-32(36(24-31)46-8)33-20-21-34(39(44)45)37(43)38(33)47-26-29(6)17-13-16-28(5)15-12-14-27(4)11-3/h18-21,24-25,27-30,35,40,43H,9-17,22-23,26H2,1-8H3,(H,44,45). The van der Waals surface area contributed by atoms with Gasteiger partial charge in [-0.1, -0.05) is 98.3 Å². The summed E-state index contributed by atoms with van der Waals surface area (Å²) in [7, 11) is 1.59. The second-order valence-corrected chi connectivity index (χ2v) is 14.5. The quantitative estimate of drug-likeness (QED) is 0.0577. The first-order valence-corrected chi connectivity index (χ1v) is 18.8. The molecule has 2 rings (SSSR count). The molecule has 0 aromatic heterocycles. The average molecular weight is 671 g/mol. The third kappa shape index (κ3) is 12.8. The molecular weight excluding hydrogens is 609 g/mol. The van der Waals surface area contributed by atoms with Crippen LogP contribution in [-0.2, 0) is 4.79 Å². The first-order valence-electron chi connectivity index (χ1n) is 17.9. The van der Waals surface area contributed by atoms with Crippen molar-refractivity contribution in [3.05, 3.63) is 41.5 Å². The molecule has 0 saturated carbocycles. The molecule has 0 bridgehead atoms. The Morgan fingerprint density at radius 1 is 0.915 bits per heavy atom. The van der Waals surface area contributed by atoms with Crippen LogP contribution in [0.4, 0.5) is 0 Å². The van der Waals surface area contributed by atoms with Crippen LogP contribution in [0.5, 0.6) is 11.5 Å². The Morgan fingerprint density at radius 3 is 2.06 bits per heavy atom. The summed E-state index contributed by atoms with van der Waals surface area (Å²) in [4.78, 5) is 27.1. The van der Waals surface area contributed by atoms with Gasteiger partial charge >= 0.3 is 5.97 Å². The van der Waals surface area contributed by atoms with E-state index < -0.39 is 12.0 Å². The second kappa shape index (κ2) is 21.4. The van der Waals surface area contributed by atoms with Crippen LogP contribution in [-0.4, -0.2) is 59.5 Å². The highest BCUT2D eigenvalue weighted by atomic mass is 32.2. The zero-order chi connectivity index (χ0) is 34.9. The van der Waals surface area contributed by atoms with E-state index in [0.29, 0.717) is 22.1 Å². The van der Waals surface area contributed by atoms with Gasteiger partial charge in [0.1, 0.15) is 23.3 Å². The number of rotatable bonds is 24. The molecule has 47 heavy (non-hydrogen) atoms. The van der Waals surface area contributed by atoms with Crippen LogP contribution in [0.2, 0.25) is 0 Å². The van der Waals surface area contributed by atoms with Gasteiger partial charge in [-0.3, -0.25) is 10.2 Å². The molecule has 2 aromatic carbocycles. The van der Waals surface area contributed by atoms with E-state index in [1.165, 1.54) is 49.9 Å². The lowest BCUT2D eigenvalue weighted by atomic mass is 9.93. The maximum Gasteiger partial charge on any atom is 0.339 e. The number of thioether (sulfide) groups is 1. The minimum atomic E-state index is -1.16. The average Bonchev–Trinajstić information content (AvgIpc) is 3.05. The van der Waals surface area contributed by atoms with E-state index in [0.717, 1.165) is 73.8 Å². The fourth-order valence-corrected chi connectivity index (χ4v) is 7.36. The number of hydrogen-bond acceptors (Lipinski definition) is 7. The SMILES string of the molecule is CCCN(CCC)C(C)NC(C=O)c1ccc(-c2ccc(C(=O)O)c(O)c2SCC(C)CCCC(C)CCCC(C)CC)c(OC)c1. The van der Waals surface area contributed by atoms with E-state index in [1.807, 2.05) is 18.2 Å². The van der Waals surface area contributed by atoms with Gasteiger partial charge in [-0.05, 0) is 74.7 Å². The summed E-state index contributed by atoms with van der Waals surface area (Å²) in [5.41, 5.74) is 2.11. The number of nitrogens with one attached hydrogen (secondary N) is 1. The molecule has 0 fully saturated rings. The molecule has 5 unspecified atom stereocenters. The molecule has 8 heteroatoms. The van der Waals surface area contributed by atoms with Crippen molar-refractivity contribution in [2.24, 2.45) is 17.8 Å². The van der Waals surface area contributed by atoms with Gasteiger partial charge in [-0.15, -0.1) is 11.8 Å². The lowest BCUT2D eigenvalue weighted by Gasteiger charge is -2.31. The second-order valence-electron chi connectivity index (χ2n) is 13.5. The summed E-state index contributed by atoms with van der Waals surface area (Å²) in [6, 6.07) is 8.34. The molecular formula is C39H62N2O5S. The summed E-state index contributed by atoms with van der Waals surface area (Å²) in [5, 5.41) is 24.4. The number of carbonyl (C=O) groups excluding carboxylic acids is 1. The summed E-state index contributed by atoms with van der Waals surface area (Å²) < 4.78 is 5.82. The molecule has 0 heterocycles. The van der Waals surface area contributed by atoms with Crippen molar-refractivity contribution in [1.29, 1.82) is 0 Å². The highest BCUT2D eigenvalue weighted by molar-refractivity contribution is 7.99. The van der Waals surface area contributed by atoms with Gasteiger partial charge in [-0.25, -0.2) is 4.79 Å². The zero-order valence-corrected chi connectivity index (χ0v) is 31.1. The number of phenols is 1. The predicted octanol–water partition coefficient (Wildman–Crippen LogP) is 9.81. The summed E-state index contributed by atoms with van der Waals surface area (Å²) in [6.45, 7) is 17.5. The number of aromatic carboxylic acids is 1. The van der Waals surface area contributed by atoms with E-state index in [4.69, 9.17) is 4.74 Å². The number of aldehydes is 1. The van der Waals surface area contributed by atoms with E-state index in [-0.39, 0.29) is 17.5 Å². The lowest BCUT2D eigenvalue weighted by molar-refractivity contribution is -0.110. The number of carboxylic acid groups (broad SMARTS) is 1. The first-order chi connectivity index (χ1) is 22.5. The Balaban J connectivity index is 2.24. The van der Waals surface area contributed by atoms with Crippen LogP contribution in [0.3, 0.4) is 0 Å². The highest BCUT2D eigenvalue weighted by Crippen LogP contribution is 2.44. The zero-order valence-electron chi connectivity index (χ0n) is 30.3. The Kier molecular flexibility index (Phi) is 18.5. The maximum atomic E-state index is 12.3. The lowest BCUT2D eigenvalue weighted by Crippen LogP contribution is -2.46. The molecule has 0 spiro atoms. The van der Waals surface area contributed by atoms with Crippen molar-refractivity contribution < 1.29 is 24.5 Å². The third-order valence-corrected chi connectivity index (χ3v) is 10.8. The molecule has 0 radical (unpaired) electrons. The minimum Gasteiger partial charge on any atom is -0.506 e. The summed E-state index contributed by atoms with van der Waals surface area (Å²) in [6.07, 6.45) is 11.6. The number of nitrogens with zero attached hydrogens (tertiary/aromatic N) is 1. The molecule has 7 nitrogen and oxygen atoms in total. The summed E-state index contributed by atoms with van der Waals surface area (Å²) >= 11 is 1.50. The molecule has 0 aliphatic carbocycles. The number of benzene rings is 2. The number of carbonyl (C=O) groups is 2. The topological polar surface area (TPSA) is 99.1 Å². The fraction of sp³-hybridized carbons (Fsp3) is 0.641. The van der Waals surface area contributed by atoms with Crippen LogP contribution < -0.4 is 10.1 Å². The number of aromatic hydroxyl groups is 1. The van der Waals surface area contributed by atoms with E-state index >= 15 is 0 Å². The number of carboxylic acids is 1. The van der Waals surface area contributed by atoms with Gasteiger partial charge in [-0.2, -0.15) is 0 Å². The van der Waals surface area contributed by atoms with Crippen LogP contribution in [0.15, 0.2) is 35.2 Å². The summed E-state index contributed by atoms with van der Waals surface area (Å²) in [5.74, 6) is 1.86. The van der Waals surface area contributed by atoms with Crippen molar-refractivity contribution >= 4 is 24.0 Å². The molecule has 5 atom stereocenters. The monoisotopic (exact) mass is 670 g/mol. The fourth-order valence-electron chi connectivity index (χ4n) is 6.17. The normalized spacial score (nSPS) is 14.8. The highest BCUT2D eigenvalue weighted by Gasteiger charge is 2.23. The number of ether oxygens (including phenoxy) is 1. The Hall–Kier alpha value is -2.55. The Labute approximate surface area is 289 Å². The smallest absolute Gasteiger partial charge is 0.339 e. The third-order valence-electron chi connectivity index (χ3n) is 9.36. The molecule has 0 aliphatic heterocycles. The molecule has 0 amide bonds. The van der Waals surface area contributed by atoms with E-state index in [2.05, 4.69) is 58.7 Å². The Bertz CT molecular complexity index is 1230. The van der Waals surface area contributed by atoms with Gasteiger partial charge in [0, 0.05) is 16.9 Å². The van der Waals surface area contributed by atoms with Gasteiger partial charge in [0.05, 0.1) is 24.2 Å². The maximum absolute atomic E-state index is 12.3. The number of methoxy groups -OCH3 is 1. The van der Waals surface area contributed by atoms with Crippen molar-refractivity contribution in [3.8, 4) is 22.6 Å².